The summed E-state index contributed by atoms with van der Waals surface area (Å²) in [6.45, 7) is 0. The maximum atomic E-state index is 2.39. The smallest absolute Gasteiger partial charge is 0.00199 e. The Morgan fingerprint density at radius 2 is 0.518 bits per heavy atom. The monoisotopic (exact) mass is 704 g/mol. The lowest BCUT2D eigenvalue weighted by molar-refractivity contribution is 1.61. The van der Waals surface area contributed by atoms with Crippen LogP contribution in [-0.4, -0.2) is 0 Å². The van der Waals surface area contributed by atoms with E-state index in [1.165, 1.54) is 132 Å². The van der Waals surface area contributed by atoms with Gasteiger partial charge in [-0.3, -0.25) is 0 Å². The number of fused-ring (bicyclic) bond motifs is 11. The van der Waals surface area contributed by atoms with E-state index < -0.39 is 0 Å². The zero-order valence-corrected chi connectivity index (χ0v) is 30.5. The van der Waals surface area contributed by atoms with Crippen molar-refractivity contribution in [3.63, 3.8) is 0 Å². The van der Waals surface area contributed by atoms with Gasteiger partial charge in [0.1, 0.15) is 0 Å². The Morgan fingerprint density at radius 1 is 0.179 bits per heavy atom. The first kappa shape index (κ1) is 30.1. The molecule has 0 atom stereocenters. The highest BCUT2D eigenvalue weighted by molar-refractivity contribution is 6.25. The molecular formula is C56H32. The van der Waals surface area contributed by atoms with Crippen LogP contribution in [0.1, 0.15) is 0 Å². The summed E-state index contributed by atoms with van der Waals surface area (Å²) in [5.74, 6) is 0. The van der Waals surface area contributed by atoms with Crippen molar-refractivity contribution in [1.29, 1.82) is 0 Å². The fourth-order valence-electron chi connectivity index (χ4n) is 10.0. The number of rotatable bonds is 3. The third kappa shape index (κ3) is 4.19. The highest BCUT2D eigenvalue weighted by atomic mass is 14.3. The maximum Gasteiger partial charge on any atom is -0.00199 e. The van der Waals surface area contributed by atoms with Gasteiger partial charge >= 0.3 is 0 Å². The summed E-state index contributed by atoms with van der Waals surface area (Å²) in [4.78, 5) is 0. The normalized spacial score (nSPS) is 12.3. The second-order valence-corrected chi connectivity index (χ2v) is 15.6. The van der Waals surface area contributed by atoms with Gasteiger partial charge in [0.05, 0.1) is 0 Å². The Kier molecular flexibility index (Phi) is 5.98. The van der Waals surface area contributed by atoms with Gasteiger partial charge in [0.25, 0.3) is 0 Å². The summed E-state index contributed by atoms with van der Waals surface area (Å²) < 4.78 is 0. The number of hydrogen-bond donors (Lipinski definition) is 0. The molecule has 0 nitrogen and oxygen atoms in total. The van der Waals surface area contributed by atoms with Crippen LogP contribution in [0.3, 0.4) is 0 Å². The SMILES string of the molecule is c1ccc2c(c1)-c1cccc3c1c-2cc1ccc(-c2ccc(-c4ccc5cc(-c6ccc7cc8c9c(cccc9c7c6)-c6ccccc6-8)ccc5c4)cc2)cc13. The van der Waals surface area contributed by atoms with E-state index in [-0.39, 0.29) is 0 Å². The van der Waals surface area contributed by atoms with Crippen LogP contribution in [-0.2, 0) is 0 Å². The van der Waals surface area contributed by atoms with E-state index in [0.29, 0.717) is 0 Å². The third-order valence-corrected chi connectivity index (χ3v) is 12.7. The van der Waals surface area contributed by atoms with Crippen LogP contribution < -0.4 is 0 Å². The Labute approximate surface area is 324 Å². The van der Waals surface area contributed by atoms with Crippen molar-refractivity contribution in [2.24, 2.45) is 0 Å². The second-order valence-electron chi connectivity index (χ2n) is 15.6. The predicted octanol–water partition coefficient (Wildman–Crippen LogP) is 15.7. The summed E-state index contributed by atoms with van der Waals surface area (Å²) in [6.07, 6.45) is 0. The van der Waals surface area contributed by atoms with E-state index in [1.807, 2.05) is 0 Å². The minimum atomic E-state index is 1.23. The molecule has 0 aromatic heterocycles. The van der Waals surface area contributed by atoms with Crippen LogP contribution in [0.4, 0.5) is 0 Å². The van der Waals surface area contributed by atoms with E-state index in [4.69, 9.17) is 0 Å². The molecule has 0 aliphatic heterocycles. The highest BCUT2D eigenvalue weighted by Gasteiger charge is 2.24. The molecule has 56 heavy (non-hydrogen) atoms. The van der Waals surface area contributed by atoms with Crippen molar-refractivity contribution < 1.29 is 0 Å². The van der Waals surface area contributed by atoms with Crippen molar-refractivity contribution in [3.8, 4) is 77.9 Å². The largest absolute Gasteiger partial charge is 0.0616 e. The van der Waals surface area contributed by atoms with Crippen LogP contribution in [0, 0.1) is 0 Å². The summed E-state index contributed by atoms with van der Waals surface area (Å²) in [7, 11) is 0. The van der Waals surface area contributed by atoms with Crippen molar-refractivity contribution >= 4 is 53.9 Å². The first-order chi connectivity index (χ1) is 27.7. The van der Waals surface area contributed by atoms with Gasteiger partial charge in [-0.25, -0.2) is 0 Å². The van der Waals surface area contributed by atoms with E-state index >= 15 is 0 Å². The van der Waals surface area contributed by atoms with Crippen LogP contribution in [0.15, 0.2) is 194 Å². The van der Waals surface area contributed by atoms with Crippen molar-refractivity contribution in [2.45, 2.75) is 0 Å². The predicted molar refractivity (Wildman–Crippen MR) is 239 cm³/mol. The van der Waals surface area contributed by atoms with Crippen molar-refractivity contribution in [1.82, 2.24) is 0 Å². The number of hydrogen-bond acceptors (Lipinski definition) is 0. The van der Waals surface area contributed by atoms with Gasteiger partial charge < -0.3 is 0 Å². The van der Waals surface area contributed by atoms with Crippen LogP contribution in [0.2, 0.25) is 0 Å². The first-order valence-corrected chi connectivity index (χ1v) is 19.6. The summed E-state index contributed by atoms with van der Waals surface area (Å²) in [5, 5.41) is 13.1. The third-order valence-electron chi connectivity index (χ3n) is 12.7. The molecule has 0 unspecified atom stereocenters. The molecule has 0 amide bonds. The fourth-order valence-corrected chi connectivity index (χ4v) is 10.0. The lowest BCUT2D eigenvalue weighted by Crippen LogP contribution is -1.85. The number of benzene rings is 11. The van der Waals surface area contributed by atoms with Gasteiger partial charge in [0.15, 0.2) is 0 Å². The second kappa shape index (κ2) is 11.1. The van der Waals surface area contributed by atoms with E-state index in [2.05, 4.69) is 194 Å². The van der Waals surface area contributed by atoms with Gasteiger partial charge in [-0.15, -0.1) is 0 Å². The van der Waals surface area contributed by atoms with Gasteiger partial charge in [0, 0.05) is 0 Å². The van der Waals surface area contributed by atoms with Crippen LogP contribution in [0.5, 0.6) is 0 Å². The van der Waals surface area contributed by atoms with E-state index in [0.717, 1.165) is 0 Å². The highest BCUT2D eigenvalue weighted by Crippen LogP contribution is 2.51. The molecule has 11 aromatic rings. The van der Waals surface area contributed by atoms with Gasteiger partial charge in [-0.05, 0) is 168 Å². The Balaban J connectivity index is 0.827. The molecule has 0 spiro atoms. The van der Waals surface area contributed by atoms with E-state index in [9.17, 15) is 0 Å². The fraction of sp³-hybridized carbons (Fsp3) is 0. The maximum absolute atomic E-state index is 2.39. The topological polar surface area (TPSA) is 0 Å². The lowest BCUT2D eigenvalue weighted by atomic mass is 9.92. The Bertz CT molecular complexity index is 3510. The molecular weight excluding hydrogens is 673 g/mol. The minimum Gasteiger partial charge on any atom is -0.0616 e. The molecule has 0 heteroatoms. The zero-order valence-electron chi connectivity index (χ0n) is 30.5. The van der Waals surface area contributed by atoms with Crippen molar-refractivity contribution in [2.75, 3.05) is 0 Å². The minimum absolute atomic E-state index is 1.23. The summed E-state index contributed by atoms with van der Waals surface area (Å²) >= 11 is 0. The standard InChI is InChI=1S/C56H32/c1-3-9-45-43(7-1)47-11-5-13-49-51-29-39(23-25-41(51)31-53(45)55(47)49)34-17-15-33(16-18-34)35-19-20-37-28-38(22-21-36(37)27-35)40-24-26-42-32-54-46-10-4-2-8-44(46)48-12-6-14-50(56(48)54)52(42)30-40/h1-32H. The molecule has 0 saturated carbocycles. The van der Waals surface area contributed by atoms with Gasteiger partial charge in [-0.1, -0.05) is 158 Å². The molecule has 13 rings (SSSR count). The Hall–Kier alpha value is -7.28. The molecule has 2 aliphatic rings. The lowest BCUT2D eigenvalue weighted by Gasteiger charge is -2.12. The zero-order chi connectivity index (χ0) is 36.5. The molecule has 11 aromatic carbocycles. The molecule has 0 heterocycles. The molecule has 0 saturated heterocycles. The molecule has 0 fully saturated rings. The summed E-state index contributed by atoms with van der Waals surface area (Å²) in [5.41, 5.74) is 18.2. The average Bonchev–Trinajstić information content (AvgIpc) is 3.77. The quantitative estimate of drug-likeness (QED) is 0.161. The van der Waals surface area contributed by atoms with E-state index in [1.54, 1.807) is 0 Å². The Morgan fingerprint density at radius 3 is 0.982 bits per heavy atom. The van der Waals surface area contributed by atoms with Crippen molar-refractivity contribution in [3.05, 3.63) is 194 Å². The molecule has 0 N–H and O–H groups in total. The average molecular weight is 705 g/mol. The van der Waals surface area contributed by atoms with Gasteiger partial charge in [0.2, 0.25) is 0 Å². The molecule has 0 radical (unpaired) electrons. The molecule has 256 valence electrons. The van der Waals surface area contributed by atoms with Crippen LogP contribution in [0.25, 0.3) is 132 Å². The summed E-state index contributed by atoms with van der Waals surface area (Å²) in [6, 6.07) is 72.7. The first-order valence-electron chi connectivity index (χ1n) is 19.6. The molecule has 0 bridgehead atoms. The van der Waals surface area contributed by atoms with Gasteiger partial charge in [-0.2, -0.15) is 0 Å². The van der Waals surface area contributed by atoms with Crippen LogP contribution >= 0.6 is 0 Å². The molecule has 2 aliphatic carbocycles.